The average molecular weight is 422 g/mol. The van der Waals surface area contributed by atoms with Gasteiger partial charge in [0.2, 0.25) is 5.89 Å². The Labute approximate surface area is 177 Å². The number of carbonyl (C=O) groups excluding carboxylic acids is 2. The first kappa shape index (κ1) is 19.4. The van der Waals surface area contributed by atoms with Crippen molar-refractivity contribution in [2.45, 2.75) is 37.6 Å². The number of nitrogens with one attached hydrogen (secondary N) is 1. The van der Waals surface area contributed by atoms with Gasteiger partial charge in [0, 0.05) is 42.8 Å². The second-order valence-corrected chi connectivity index (χ2v) is 7.81. The Balaban J connectivity index is 1.35. The van der Waals surface area contributed by atoms with Gasteiger partial charge in [0.05, 0.1) is 11.7 Å². The van der Waals surface area contributed by atoms with Gasteiger partial charge in [-0.2, -0.15) is 5.10 Å². The molecule has 1 aliphatic carbocycles. The molecule has 4 heterocycles. The number of ether oxygens (including phenoxy) is 1. The summed E-state index contributed by atoms with van der Waals surface area (Å²) in [6, 6.07) is 3.82. The molecule has 0 aromatic carbocycles. The summed E-state index contributed by atoms with van der Waals surface area (Å²) in [5.41, 5.74) is 7.58. The Kier molecular flexibility index (Phi) is 4.99. The normalized spacial score (nSPS) is 16.9. The van der Waals surface area contributed by atoms with E-state index in [4.69, 9.17) is 14.9 Å². The predicted octanol–water partition coefficient (Wildman–Crippen LogP) is 2.51. The first-order chi connectivity index (χ1) is 15.1. The molecule has 5 rings (SSSR count). The molecule has 2 fully saturated rings. The molecule has 10 nitrogen and oxygen atoms in total. The lowest BCUT2D eigenvalue weighted by atomic mass is 10.1. The van der Waals surface area contributed by atoms with Crippen molar-refractivity contribution in [2.75, 3.05) is 18.5 Å². The molecule has 3 aromatic rings. The van der Waals surface area contributed by atoms with Crippen LogP contribution in [0.15, 0.2) is 35.2 Å². The third-order valence-electron chi connectivity index (χ3n) is 5.54. The molecule has 31 heavy (non-hydrogen) atoms. The highest BCUT2D eigenvalue weighted by atomic mass is 16.5. The minimum atomic E-state index is -0.716. The molecule has 10 heteroatoms. The third-order valence-corrected chi connectivity index (χ3v) is 5.54. The minimum Gasteiger partial charge on any atom is -0.444 e. The monoisotopic (exact) mass is 422 g/mol. The van der Waals surface area contributed by atoms with E-state index in [0.717, 1.165) is 36.9 Å². The molecule has 0 radical (unpaired) electrons. The maximum Gasteiger partial charge on any atom is 0.277 e. The molecule has 0 unspecified atom stereocenters. The van der Waals surface area contributed by atoms with Crippen LogP contribution in [0.3, 0.4) is 0 Å². The number of hydrogen-bond donors (Lipinski definition) is 2. The zero-order valence-corrected chi connectivity index (χ0v) is 16.8. The zero-order chi connectivity index (χ0) is 21.4. The number of nitrogens with two attached hydrogens (primary N) is 1. The lowest BCUT2D eigenvalue weighted by Gasteiger charge is -2.22. The van der Waals surface area contributed by atoms with Crippen LogP contribution in [-0.4, -0.2) is 44.8 Å². The van der Waals surface area contributed by atoms with Crippen LogP contribution < -0.4 is 11.1 Å². The van der Waals surface area contributed by atoms with Gasteiger partial charge in [0.1, 0.15) is 6.26 Å². The van der Waals surface area contributed by atoms with Gasteiger partial charge in [-0.3, -0.25) is 19.3 Å². The first-order valence-corrected chi connectivity index (χ1v) is 10.3. The molecular weight excluding hydrogens is 400 g/mol. The van der Waals surface area contributed by atoms with Crippen molar-refractivity contribution in [3.63, 3.8) is 0 Å². The van der Waals surface area contributed by atoms with E-state index in [2.05, 4.69) is 20.4 Å². The fourth-order valence-electron chi connectivity index (χ4n) is 3.68. The molecule has 1 saturated carbocycles. The molecule has 0 atom stereocenters. The van der Waals surface area contributed by atoms with E-state index in [1.807, 2.05) is 6.07 Å². The van der Waals surface area contributed by atoms with Crippen LogP contribution in [0, 0.1) is 0 Å². The van der Waals surface area contributed by atoms with E-state index in [1.165, 1.54) is 6.26 Å². The van der Waals surface area contributed by atoms with Crippen LogP contribution in [-0.2, 0) is 4.74 Å². The van der Waals surface area contributed by atoms with Crippen molar-refractivity contribution in [1.82, 2.24) is 19.7 Å². The van der Waals surface area contributed by atoms with Gasteiger partial charge in [-0.25, -0.2) is 4.98 Å². The molecule has 1 saturated heterocycles. The Bertz CT molecular complexity index is 1130. The van der Waals surface area contributed by atoms with Gasteiger partial charge in [-0.15, -0.1) is 0 Å². The van der Waals surface area contributed by atoms with E-state index >= 15 is 0 Å². The second kappa shape index (κ2) is 7.95. The van der Waals surface area contributed by atoms with Crippen molar-refractivity contribution >= 4 is 17.5 Å². The van der Waals surface area contributed by atoms with Crippen molar-refractivity contribution < 1.29 is 18.7 Å². The molecule has 3 N–H and O–H groups in total. The molecular formula is C21H22N6O4. The summed E-state index contributed by atoms with van der Waals surface area (Å²) in [5.74, 6) is -0.397. The van der Waals surface area contributed by atoms with Crippen molar-refractivity contribution in [1.29, 1.82) is 0 Å². The number of amides is 2. The summed E-state index contributed by atoms with van der Waals surface area (Å²) in [5, 5.41) is 6.97. The van der Waals surface area contributed by atoms with Gasteiger partial charge in [-0.1, -0.05) is 0 Å². The SMILES string of the molecule is NC(=O)c1nn(C2CCOCC2)cc1NC(=O)c1coc(-c2ccnc(C3CC3)c2)n1. The second-order valence-electron chi connectivity index (χ2n) is 7.81. The topological polar surface area (TPSA) is 138 Å². The lowest BCUT2D eigenvalue weighted by molar-refractivity contribution is 0.0661. The number of oxazole rings is 1. The van der Waals surface area contributed by atoms with E-state index in [-0.39, 0.29) is 23.1 Å². The largest absolute Gasteiger partial charge is 0.444 e. The van der Waals surface area contributed by atoms with Crippen LogP contribution in [0.2, 0.25) is 0 Å². The Morgan fingerprint density at radius 3 is 2.74 bits per heavy atom. The van der Waals surface area contributed by atoms with Crippen molar-refractivity contribution in [3.05, 3.63) is 47.9 Å². The summed E-state index contributed by atoms with van der Waals surface area (Å²) in [6.07, 6.45) is 8.45. The lowest BCUT2D eigenvalue weighted by Crippen LogP contribution is -2.21. The molecule has 160 valence electrons. The highest BCUT2D eigenvalue weighted by molar-refractivity contribution is 6.07. The Morgan fingerprint density at radius 1 is 1.19 bits per heavy atom. The van der Waals surface area contributed by atoms with Gasteiger partial charge < -0.3 is 20.2 Å². The molecule has 3 aromatic heterocycles. The van der Waals surface area contributed by atoms with Crippen LogP contribution in [0.4, 0.5) is 5.69 Å². The molecule has 0 spiro atoms. The highest BCUT2D eigenvalue weighted by Crippen LogP contribution is 2.39. The molecule has 1 aliphatic heterocycles. The van der Waals surface area contributed by atoms with Gasteiger partial charge in [0.15, 0.2) is 11.4 Å². The standard InChI is InChI=1S/C21H22N6O4/c22-19(28)18-16(10-27(26-18)14-4-7-30-8-5-14)24-20(29)17-11-31-21(25-17)13-3-6-23-15(9-13)12-1-2-12/h3,6,9-12,14H,1-2,4-5,7-8H2,(H2,22,28)(H,24,29). The quantitative estimate of drug-likeness (QED) is 0.622. The van der Waals surface area contributed by atoms with Gasteiger partial charge >= 0.3 is 0 Å². The summed E-state index contributed by atoms with van der Waals surface area (Å²) in [6.45, 7) is 1.24. The fraction of sp³-hybridized carbons (Fsp3) is 0.381. The molecule has 2 amide bonds. The highest BCUT2D eigenvalue weighted by Gasteiger charge is 2.26. The Hall–Kier alpha value is -3.53. The number of anilines is 1. The fourth-order valence-corrected chi connectivity index (χ4v) is 3.68. The third kappa shape index (κ3) is 4.06. The number of pyridine rings is 1. The maximum atomic E-state index is 12.7. The molecule has 0 bridgehead atoms. The Morgan fingerprint density at radius 2 is 2.00 bits per heavy atom. The molecule has 2 aliphatic rings. The van der Waals surface area contributed by atoms with Crippen molar-refractivity contribution in [3.8, 4) is 11.5 Å². The summed E-state index contributed by atoms with van der Waals surface area (Å²) in [7, 11) is 0. The van der Waals surface area contributed by atoms with Crippen LogP contribution in [0.25, 0.3) is 11.5 Å². The summed E-state index contributed by atoms with van der Waals surface area (Å²) in [4.78, 5) is 33.3. The number of hydrogen-bond acceptors (Lipinski definition) is 7. The summed E-state index contributed by atoms with van der Waals surface area (Å²) >= 11 is 0. The number of carbonyl (C=O) groups is 2. The smallest absolute Gasteiger partial charge is 0.277 e. The van der Waals surface area contributed by atoms with Crippen LogP contribution in [0.5, 0.6) is 0 Å². The summed E-state index contributed by atoms with van der Waals surface area (Å²) < 4.78 is 12.6. The van der Waals surface area contributed by atoms with Gasteiger partial charge in [0.25, 0.3) is 11.8 Å². The maximum absolute atomic E-state index is 12.7. The van der Waals surface area contributed by atoms with Gasteiger partial charge in [-0.05, 0) is 37.8 Å². The number of primary amides is 1. The predicted molar refractivity (Wildman–Crippen MR) is 109 cm³/mol. The average Bonchev–Trinajstić information content (AvgIpc) is 3.36. The minimum absolute atomic E-state index is 0.00627. The van der Waals surface area contributed by atoms with Crippen molar-refractivity contribution in [2.24, 2.45) is 5.73 Å². The first-order valence-electron chi connectivity index (χ1n) is 10.3. The number of aromatic nitrogens is 4. The van der Waals surface area contributed by atoms with Crippen LogP contribution >= 0.6 is 0 Å². The zero-order valence-electron chi connectivity index (χ0n) is 16.8. The van der Waals surface area contributed by atoms with E-state index < -0.39 is 11.8 Å². The van der Waals surface area contributed by atoms with E-state index in [1.54, 1.807) is 23.1 Å². The van der Waals surface area contributed by atoms with E-state index in [0.29, 0.717) is 25.0 Å². The van der Waals surface area contributed by atoms with Crippen LogP contribution in [0.1, 0.15) is 64.3 Å². The van der Waals surface area contributed by atoms with E-state index in [9.17, 15) is 9.59 Å². The number of rotatable bonds is 6. The number of nitrogens with zero attached hydrogens (tertiary/aromatic N) is 4.